The Hall–Kier alpha value is -3.08. The number of hydrogen-bond acceptors (Lipinski definition) is 3. The van der Waals surface area contributed by atoms with Gasteiger partial charge in [0.1, 0.15) is 17.2 Å². The quantitative estimate of drug-likeness (QED) is 0.783. The third-order valence-corrected chi connectivity index (χ3v) is 3.59. The predicted octanol–water partition coefficient (Wildman–Crippen LogP) is 3.45. The molecule has 0 saturated carbocycles. The van der Waals surface area contributed by atoms with Crippen LogP contribution in [0.3, 0.4) is 0 Å². The first-order valence-electron chi connectivity index (χ1n) is 7.72. The Labute approximate surface area is 140 Å². The second kappa shape index (κ2) is 7.00. The topological polar surface area (TPSA) is 56.1 Å². The van der Waals surface area contributed by atoms with Gasteiger partial charge < -0.3 is 10.1 Å². The minimum absolute atomic E-state index is 0.136. The molecule has 5 heteroatoms. The van der Waals surface area contributed by atoms with Gasteiger partial charge in [0.05, 0.1) is 5.69 Å². The predicted molar refractivity (Wildman–Crippen MR) is 92.1 cm³/mol. The number of para-hydroxylation sites is 1. The lowest BCUT2D eigenvalue weighted by molar-refractivity contribution is 0.0941. The Balaban J connectivity index is 1.58. The fourth-order valence-electron chi connectivity index (χ4n) is 2.40. The molecular formula is C19H19N3O2. The highest BCUT2D eigenvalue weighted by Crippen LogP contribution is 2.21. The van der Waals surface area contributed by atoms with Crippen LogP contribution in [0.2, 0.25) is 0 Å². The van der Waals surface area contributed by atoms with Gasteiger partial charge in [-0.25, -0.2) is 0 Å². The minimum atomic E-state index is -0.136. The first-order chi connectivity index (χ1) is 11.6. The summed E-state index contributed by atoms with van der Waals surface area (Å²) in [5.41, 5.74) is 2.38. The number of rotatable bonds is 5. The molecule has 0 unspecified atom stereocenters. The first-order valence-corrected chi connectivity index (χ1v) is 7.72. The maximum Gasteiger partial charge on any atom is 0.269 e. The smallest absolute Gasteiger partial charge is 0.269 e. The third-order valence-electron chi connectivity index (χ3n) is 3.59. The van der Waals surface area contributed by atoms with Gasteiger partial charge in [-0.3, -0.25) is 9.48 Å². The summed E-state index contributed by atoms with van der Waals surface area (Å²) < 4.78 is 7.33. The molecule has 1 N–H and O–H groups in total. The zero-order valence-corrected chi connectivity index (χ0v) is 13.7. The van der Waals surface area contributed by atoms with Crippen LogP contribution >= 0.6 is 0 Å². The SMILES string of the molecule is Cc1cc(C(=O)NCc2ccc(Oc3ccccc3)cc2)n(C)n1. The van der Waals surface area contributed by atoms with Gasteiger partial charge in [-0.05, 0) is 42.8 Å². The zero-order chi connectivity index (χ0) is 16.9. The zero-order valence-electron chi connectivity index (χ0n) is 13.7. The van der Waals surface area contributed by atoms with E-state index in [0.717, 1.165) is 22.8 Å². The molecule has 0 aliphatic heterocycles. The number of carbonyl (C=O) groups excluding carboxylic acids is 1. The maximum atomic E-state index is 12.2. The molecule has 0 bridgehead atoms. The Morgan fingerprint density at radius 2 is 1.75 bits per heavy atom. The molecule has 0 aliphatic carbocycles. The van der Waals surface area contributed by atoms with Gasteiger partial charge in [-0.15, -0.1) is 0 Å². The monoisotopic (exact) mass is 321 g/mol. The molecule has 3 rings (SSSR count). The molecule has 3 aromatic rings. The lowest BCUT2D eigenvalue weighted by Crippen LogP contribution is -2.25. The Bertz CT molecular complexity index is 824. The fraction of sp³-hybridized carbons (Fsp3) is 0.158. The lowest BCUT2D eigenvalue weighted by Gasteiger charge is -2.08. The van der Waals surface area contributed by atoms with Crippen LogP contribution in [0.15, 0.2) is 60.7 Å². The summed E-state index contributed by atoms with van der Waals surface area (Å²) in [6.07, 6.45) is 0. The summed E-state index contributed by atoms with van der Waals surface area (Å²) in [4.78, 5) is 12.2. The molecule has 0 spiro atoms. The van der Waals surface area contributed by atoms with Crippen LogP contribution in [-0.2, 0) is 13.6 Å². The molecule has 2 aromatic carbocycles. The summed E-state index contributed by atoms with van der Waals surface area (Å²) >= 11 is 0. The molecule has 0 saturated heterocycles. The van der Waals surface area contributed by atoms with E-state index in [2.05, 4.69) is 10.4 Å². The number of amides is 1. The summed E-state index contributed by atoms with van der Waals surface area (Å²) in [5.74, 6) is 1.42. The summed E-state index contributed by atoms with van der Waals surface area (Å²) in [7, 11) is 1.76. The van der Waals surface area contributed by atoms with Crippen molar-refractivity contribution in [3.05, 3.63) is 77.6 Å². The highest BCUT2D eigenvalue weighted by atomic mass is 16.5. The van der Waals surface area contributed by atoms with Gasteiger partial charge >= 0.3 is 0 Å². The van der Waals surface area contributed by atoms with Crippen molar-refractivity contribution in [3.8, 4) is 11.5 Å². The largest absolute Gasteiger partial charge is 0.457 e. The standard InChI is InChI=1S/C19H19N3O2/c1-14-12-18(22(2)21-14)19(23)20-13-15-8-10-17(11-9-15)24-16-6-4-3-5-7-16/h3-12H,13H2,1-2H3,(H,20,23). The van der Waals surface area contributed by atoms with Gasteiger partial charge in [-0.1, -0.05) is 30.3 Å². The maximum absolute atomic E-state index is 12.2. The van der Waals surface area contributed by atoms with Crippen molar-refractivity contribution in [1.82, 2.24) is 15.1 Å². The Morgan fingerprint density at radius 1 is 1.08 bits per heavy atom. The van der Waals surface area contributed by atoms with Crippen LogP contribution in [0.4, 0.5) is 0 Å². The normalized spacial score (nSPS) is 10.4. The molecule has 122 valence electrons. The lowest BCUT2D eigenvalue weighted by atomic mass is 10.2. The molecule has 0 aliphatic rings. The first kappa shape index (κ1) is 15.8. The van der Waals surface area contributed by atoms with Crippen LogP contribution in [0.25, 0.3) is 0 Å². The molecule has 1 amide bonds. The fourth-order valence-corrected chi connectivity index (χ4v) is 2.40. The Morgan fingerprint density at radius 3 is 2.38 bits per heavy atom. The molecular weight excluding hydrogens is 302 g/mol. The van der Waals surface area contributed by atoms with E-state index in [1.165, 1.54) is 0 Å². The summed E-state index contributed by atoms with van der Waals surface area (Å²) in [6, 6.07) is 19.0. The van der Waals surface area contributed by atoms with Crippen molar-refractivity contribution in [2.45, 2.75) is 13.5 Å². The van der Waals surface area contributed by atoms with Crippen molar-refractivity contribution in [3.63, 3.8) is 0 Å². The van der Waals surface area contributed by atoms with E-state index in [0.29, 0.717) is 12.2 Å². The van der Waals surface area contributed by atoms with Crippen molar-refractivity contribution in [1.29, 1.82) is 0 Å². The number of benzene rings is 2. The van der Waals surface area contributed by atoms with Crippen molar-refractivity contribution in [2.24, 2.45) is 7.05 Å². The second-order valence-electron chi connectivity index (χ2n) is 5.54. The summed E-state index contributed by atoms with van der Waals surface area (Å²) in [6.45, 7) is 2.32. The number of aryl methyl sites for hydroxylation is 2. The van der Waals surface area contributed by atoms with E-state index in [4.69, 9.17) is 4.74 Å². The number of ether oxygens (including phenoxy) is 1. The highest BCUT2D eigenvalue weighted by molar-refractivity contribution is 5.92. The molecule has 1 aromatic heterocycles. The van der Waals surface area contributed by atoms with E-state index in [9.17, 15) is 4.79 Å². The molecule has 1 heterocycles. The van der Waals surface area contributed by atoms with E-state index >= 15 is 0 Å². The van der Waals surface area contributed by atoms with Crippen LogP contribution in [0.1, 0.15) is 21.7 Å². The molecule has 0 radical (unpaired) electrons. The van der Waals surface area contributed by atoms with Gasteiger partial charge in [0.25, 0.3) is 5.91 Å². The van der Waals surface area contributed by atoms with Crippen LogP contribution in [0.5, 0.6) is 11.5 Å². The van der Waals surface area contributed by atoms with Gasteiger partial charge in [0.2, 0.25) is 0 Å². The van der Waals surface area contributed by atoms with Crippen LogP contribution < -0.4 is 10.1 Å². The minimum Gasteiger partial charge on any atom is -0.457 e. The molecule has 24 heavy (non-hydrogen) atoms. The number of nitrogens with zero attached hydrogens (tertiary/aromatic N) is 2. The molecule has 0 atom stereocenters. The molecule has 0 fully saturated rings. The van der Waals surface area contributed by atoms with Gasteiger partial charge in [-0.2, -0.15) is 5.10 Å². The van der Waals surface area contributed by atoms with Gasteiger partial charge in [0, 0.05) is 13.6 Å². The number of aromatic nitrogens is 2. The summed E-state index contributed by atoms with van der Waals surface area (Å²) in [5, 5.41) is 7.08. The van der Waals surface area contributed by atoms with Crippen LogP contribution in [0, 0.1) is 6.92 Å². The third kappa shape index (κ3) is 3.81. The number of hydrogen-bond donors (Lipinski definition) is 1. The average Bonchev–Trinajstić information content (AvgIpc) is 2.93. The Kier molecular flexibility index (Phi) is 4.61. The van der Waals surface area contributed by atoms with Crippen molar-refractivity contribution >= 4 is 5.91 Å². The average molecular weight is 321 g/mol. The van der Waals surface area contributed by atoms with E-state index < -0.39 is 0 Å². The van der Waals surface area contributed by atoms with E-state index in [1.807, 2.05) is 61.5 Å². The number of carbonyl (C=O) groups is 1. The van der Waals surface area contributed by atoms with Crippen molar-refractivity contribution in [2.75, 3.05) is 0 Å². The number of nitrogens with one attached hydrogen (secondary N) is 1. The highest BCUT2D eigenvalue weighted by Gasteiger charge is 2.11. The van der Waals surface area contributed by atoms with E-state index in [-0.39, 0.29) is 5.91 Å². The van der Waals surface area contributed by atoms with E-state index in [1.54, 1.807) is 17.8 Å². The van der Waals surface area contributed by atoms with Gasteiger partial charge in [0.15, 0.2) is 0 Å². The second-order valence-corrected chi connectivity index (χ2v) is 5.54. The molecule has 5 nitrogen and oxygen atoms in total. The van der Waals surface area contributed by atoms with Crippen LogP contribution in [-0.4, -0.2) is 15.7 Å². The van der Waals surface area contributed by atoms with Crippen molar-refractivity contribution < 1.29 is 9.53 Å².